The van der Waals surface area contributed by atoms with Crippen LogP contribution in [0.3, 0.4) is 0 Å². The SMILES string of the molecule is CC(C)(N)CCCNCCc1ccccc1. The molecule has 0 saturated heterocycles. The van der Waals surface area contributed by atoms with Gasteiger partial charge < -0.3 is 11.1 Å². The summed E-state index contributed by atoms with van der Waals surface area (Å²) in [5, 5.41) is 3.45. The maximum Gasteiger partial charge on any atom is 0.00975 e. The van der Waals surface area contributed by atoms with Crippen LogP contribution in [0.4, 0.5) is 0 Å². The van der Waals surface area contributed by atoms with E-state index in [1.807, 2.05) is 0 Å². The molecule has 0 amide bonds. The van der Waals surface area contributed by atoms with E-state index in [4.69, 9.17) is 5.73 Å². The Morgan fingerprint density at radius 1 is 1.12 bits per heavy atom. The third-order valence-corrected chi connectivity index (χ3v) is 2.61. The summed E-state index contributed by atoms with van der Waals surface area (Å²) < 4.78 is 0. The molecule has 1 aromatic rings. The average molecular weight is 220 g/mol. The molecule has 1 rings (SSSR count). The van der Waals surface area contributed by atoms with Crippen molar-refractivity contribution in [3.8, 4) is 0 Å². The van der Waals surface area contributed by atoms with Gasteiger partial charge in [-0.15, -0.1) is 0 Å². The molecule has 16 heavy (non-hydrogen) atoms. The molecule has 0 atom stereocenters. The van der Waals surface area contributed by atoms with Gasteiger partial charge in [-0.2, -0.15) is 0 Å². The Morgan fingerprint density at radius 2 is 1.81 bits per heavy atom. The molecule has 0 aliphatic heterocycles. The Balaban J connectivity index is 2.01. The predicted octanol–water partition coefficient (Wildman–Crippen LogP) is 2.34. The predicted molar refractivity (Wildman–Crippen MR) is 70.5 cm³/mol. The fourth-order valence-corrected chi connectivity index (χ4v) is 1.67. The molecule has 2 nitrogen and oxygen atoms in total. The van der Waals surface area contributed by atoms with Crippen LogP contribution >= 0.6 is 0 Å². The van der Waals surface area contributed by atoms with Crippen LogP contribution in [-0.2, 0) is 6.42 Å². The number of nitrogens with two attached hydrogens (primary N) is 1. The van der Waals surface area contributed by atoms with Crippen LogP contribution in [0.25, 0.3) is 0 Å². The lowest BCUT2D eigenvalue weighted by atomic mass is 10.0. The van der Waals surface area contributed by atoms with Gasteiger partial charge in [-0.25, -0.2) is 0 Å². The number of hydrogen-bond donors (Lipinski definition) is 2. The van der Waals surface area contributed by atoms with Crippen molar-refractivity contribution in [2.24, 2.45) is 5.73 Å². The zero-order valence-electron chi connectivity index (χ0n) is 10.5. The summed E-state index contributed by atoms with van der Waals surface area (Å²) in [5.41, 5.74) is 7.28. The first kappa shape index (κ1) is 13.2. The lowest BCUT2D eigenvalue weighted by molar-refractivity contribution is 0.449. The van der Waals surface area contributed by atoms with Gasteiger partial charge in [0.25, 0.3) is 0 Å². The standard InChI is InChI=1S/C14H24N2/c1-14(2,15)10-6-11-16-12-9-13-7-4-3-5-8-13/h3-5,7-8,16H,6,9-12,15H2,1-2H3. The van der Waals surface area contributed by atoms with Crippen molar-refractivity contribution in [2.75, 3.05) is 13.1 Å². The maximum absolute atomic E-state index is 5.91. The monoisotopic (exact) mass is 220 g/mol. The van der Waals surface area contributed by atoms with Gasteiger partial charge in [-0.3, -0.25) is 0 Å². The van der Waals surface area contributed by atoms with Gasteiger partial charge in [0.05, 0.1) is 0 Å². The summed E-state index contributed by atoms with van der Waals surface area (Å²) in [7, 11) is 0. The number of rotatable bonds is 7. The zero-order chi connectivity index (χ0) is 11.9. The number of nitrogens with one attached hydrogen (secondary N) is 1. The van der Waals surface area contributed by atoms with Crippen molar-refractivity contribution in [2.45, 2.75) is 38.6 Å². The van der Waals surface area contributed by atoms with Crippen molar-refractivity contribution >= 4 is 0 Å². The highest BCUT2D eigenvalue weighted by Crippen LogP contribution is 2.05. The second kappa shape index (κ2) is 6.66. The molecule has 3 N–H and O–H groups in total. The van der Waals surface area contributed by atoms with Crippen LogP contribution in [0, 0.1) is 0 Å². The smallest absolute Gasteiger partial charge is 0.00975 e. The Kier molecular flexibility index (Phi) is 5.50. The third-order valence-electron chi connectivity index (χ3n) is 2.61. The second-order valence-corrected chi connectivity index (χ2v) is 5.08. The van der Waals surface area contributed by atoms with Gasteiger partial charge in [0.2, 0.25) is 0 Å². The van der Waals surface area contributed by atoms with Gasteiger partial charge in [-0.1, -0.05) is 30.3 Å². The van der Waals surface area contributed by atoms with Crippen molar-refractivity contribution in [3.05, 3.63) is 35.9 Å². The van der Waals surface area contributed by atoms with Gasteiger partial charge in [0.1, 0.15) is 0 Å². The highest BCUT2D eigenvalue weighted by Gasteiger charge is 2.08. The topological polar surface area (TPSA) is 38.0 Å². The molecule has 0 aromatic heterocycles. The quantitative estimate of drug-likeness (QED) is 0.692. The van der Waals surface area contributed by atoms with E-state index in [1.165, 1.54) is 5.56 Å². The number of benzene rings is 1. The van der Waals surface area contributed by atoms with E-state index in [0.717, 1.165) is 32.4 Å². The molecule has 0 radical (unpaired) electrons. The largest absolute Gasteiger partial charge is 0.326 e. The normalized spacial score (nSPS) is 11.7. The third kappa shape index (κ3) is 6.59. The van der Waals surface area contributed by atoms with Crippen LogP contribution in [0.15, 0.2) is 30.3 Å². The minimum Gasteiger partial charge on any atom is -0.326 e. The Hall–Kier alpha value is -0.860. The molecule has 0 aliphatic carbocycles. The first-order chi connectivity index (χ1) is 7.58. The van der Waals surface area contributed by atoms with Crippen LogP contribution in [0.1, 0.15) is 32.3 Å². The summed E-state index contributed by atoms with van der Waals surface area (Å²) in [6, 6.07) is 10.6. The Morgan fingerprint density at radius 3 is 2.44 bits per heavy atom. The summed E-state index contributed by atoms with van der Waals surface area (Å²) >= 11 is 0. The minimum absolute atomic E-state index is 0.0267. The van der Waals surface area contributed by atoms with E-state index < -0.39 is 0 Å². The molecule has 1 aromatic carbocycles. The molecule has 0 unspecified atom stereocenters. The summed E-state index contributed by atoms with van der Waals surface area (Å²) in [6.45, 7) is 6.27. The molecule has 0 aliphatic rings. The van der Waals surface area contributed by atoms with Gasteiger partial charge in [-0.05, 0) is 51.8 Å². The maximum atomic E-state index is 5.91. The zero-order valence-corrected chi connectivity index (χ0v) is 10.5. The summed E-state index contributed by atoms with van der Waals surface area (Å²) in [5.74, 6) is 0. The van der Waals surface area contributed by atoms with Crippen LogP contribution in [0.2, 0.25) is 0 Å². The average Bonchev–Trinajstić information content (AvgIpc) is 2.23. The molecule has 0 saturated carbocycles. The minimum atomic E-state index is -0.0267. The molecule has 0 heterocycles. The highest BCUT2D eigenvalue weighted by atomic mass is 14.8. The fourth-order valence-electron chi connectivity index (χ4n) is 1.67. The van der Waals surface area contributed by atoms with Gasteiger partial charge in [0.15, 0.2) is 0 Å². The lowest BCUT2D eigenvalue weighted by Gasteiger charge is -2.17. The van der Waals surface area contributed by atoms with Crippen molar-refractivity contribution in [3.63, 3.8) is 0 Å². The molecule has 0 bridgehead atoms. The molecular formula is C14H24N2. The molecular weight excluding hydrogens is 196 g/mol. The van der Waals surface area contributed by atoms with E-state index in [0.29, 0.717) is 0 Å². The van der Waals surface area contributed by atoms with Crippen molar-refractivity contribution in [1.29, 1.82) is 0 Å². The molecule has 90 valence electrons. The lowest BCUT2D eigenvalue weighted by Crippen LogP contribution is -2.33. The molecule has 0 fully saturated rings. The summed E-state index contributed by atoms with van der Waals surface area (Å²) in [4.78, 5) is 0. The Bertz CT molecular complexity index is 275. The van der Waals surface area contributed by atoms with E-state index >= 15 is 0 Å². The van der Waals surface area contributed by atoms with Gasteiger partial charge >= 0.3 is 0 Å². The van der Waals surface area contributed by atoms with Crippen LogP contribution < -0.4 is 11.1 Å². The molecule has 0 spiro atoms. The van der Waals surface area contributed by atoms with E-state index in [-0.39, 0.29) is 5.54 Å². The molecule has 2 heteroatoms. The van der Waals surface area contributed by atoms with Crippen LogP contribution in [0.5, 0.6) is 0 Å². The Labute approximate surface area is 99.2 Å². The van der Waals surface area contributed by atoms with E-state index in [1.54, 1.807) is 0 Å². The van der Waals surface area contributed by atoms with E-state index in [2.05, 4.69) is 49.5 Å². The summed E-state index contributed by atoms with van der Waals surface area (Å²) in [6.07, 6.45) is 3.33. The van der Waals surface area contributed by atoms with E-state index in [9.17, 15) is 0 Å². The van der Waals surface area contributed by atoms with Crippen molar-refractivity contribution in [1.82, 2.24) is 5.32 Å². The van der Waals surface area contributed by atoms with Gasteiger partial charge in [0, 0.05) is 5.54 Å². The van der Waals surface area contributed by atoms with Crippen LogP contribution in [-0.4, -0.2) is 18.6 Å². The van der Waals surface area contributed by atoms with Crippen molar-refractivity contribution < 1.29 is 0 Å². The first-order valence-corrected chi connectivity index (χ1v) is 6.11. The fraction of sp³-hybridized carbons (Fsp3) is 0.571. The highest BCUT2D eigenvalue weighted by molar-refractivity contribution is 5.14. The second-order valence-electron chi connectivity index (χ2n) is 5.08. The number of hydrogen-bond acceptors (Lipinski definition) is 2. The first-order valence-electron chi connectivity index (χ1n) is 6.11.